The smallest absolute Gasteiger partial charge is 0.198 e. The van der Waals surface area contributed by atoms with Gasteiger partial charge in [-0.15, -0.1) is 0 Å². The Morgan fingerprint density at radius 2 is 1.71 bits per heavy atom. The molecule has 6 heteroatoms. The number of para-hydroxylation sites is 1. The van der Waals surface area contributed by atoms with Gasteiger partial charge in [0.1, 0.15) is 11.4 Å². The van der Waals surface area contributed by atoms with Crippen LogP contribution >= 0.6 is 11.8 Å². The van der Waals surface area contributed by atoms with E-state index in [9.17, 15) is 15.0 Å². The second kappa shape index (κ2) is 13.3. The van der Waals surface area contributed by atoms with Crippen molar-refractivity contribution in [3.63, 3.8) is 0 Å². The van der Waals surface area contributed by atoms with E-state index < -0.39 is 11.7 Å². The SMILES string of the molecule is O=C1C(Sc2ccccc2)=CC(O)(CCCCOc2ccccc2)/C1=C\C=C\C(O)CCCO. The molecule has 0 saturated heterocycles. The van der Waals surface area contributed by atoms with Gasteiger partial charge in [-0.05, 0) is 62.4 Å². The molecule has 2 atom stereocenters. The standard InChI is InChI=1S/C28H32O5S/c29-19-10-12-22(30)11-9-17-25-27(31)26(34-24-15-5-2-6-16-24)21-28(25,32)18-7-8-20-33-23-13-3-1-4-14-23/h1-6,9,11,13-17,21-22,29-30,32H,7-8,10,12,18-20H2/b11-9+,25-17-. The van der Waals surface area contributed by atoms with Gasteiger partial charge >= 0.3 is 0 Å². The highest BCUT2D eigenvalue weighted by Crippen LogP contribution is 2.41. The maximum Gasteiger partial charge on any atom is 0.198 e. The number of ether oxygens (including phenoxy) is 1. The summed E-state index contributed by atoms with van der Waals surface area (Å²) in [6, 6.07) is 19.2. The number of rotatable bonds is 13. The third-order valence-electron chi connectivity index (χ3n) is 5.49. The minimum atomic E-state index is -1.37. The van der Waals surface area contributed by atoms with Gasteiger partial charge in [0.2, 0.25) is 0 Å². The molecule has 0 radical (unpaired) electrons. The van der Waals surface area contributed by atoms with Crippen molar-refractivity contribution < 1.29 is 24.9 Å². The average molecular weight is 481 g/mol. The van der Waals surface area contributed by atoms with E-state index in [1.54, 1.807) is 24.3 Å². The molecule has 5 nitrogen and oxygen atoms in total. The van der Waals surface area contributed by atoms with Crippen molar-refractivity contribution in [3.8, 4) is 5.75 Å². The summed E-state index contributed by atoms with van der Waals surface area (Å²) in [5.74, 6) is 0.607. The van der Waals surface area contributed by atoms with Crippen LogP contribution in [0.15, 0.2) is 100 Å². The predicted molar refractivity (Wildman–Crippen MR) is 136 cm³/mol. The fourth-order valence-electron chi connectivity index (χ4n) is 3.69. The van der Waals surface area contributed by atoms with E-state index in [2.05, 4.69) is 0 Å². The molecule has 0 amide bonds. The number of hydrogen-bond donors (Lipinski definition) is 3. The summed E-state index contributed by atoms with van der Waals surface area (Å²) in [6.45, 7) is 0.543. The van der Waals surface area contributed by atoms with Gasteiger partial charge in [-0.3, -0.25) is 4.79 Å². The molecule has 2 aromatic rings. The van der Waals surface area contributed by atoms with Gasteiger partial charge in [0, 0.05) is 17.1 Å². The van der Waals surface area contributed by atoms with Crippen LogP contribution in [0.5, 0.6) is 5.75 Å². The maximum absolute atomic E-state index is 13.2. The Morgan fingerprint density at radius 3 is 2.41 bits per heavy atom. The van der Waals surface area contributed by atoms with E-state index in [-0.39, 0.29) is 12.4 Å². The van der Waals surface area contributed by atoms with Gasteiger partial charge in [-0.1, -0.05) is 66.4 Å². The van der Waals surface area contributed by atoms with E-state index >= 15 is 0 Å². The lowest BCUT2D eigenvalue weighted by Crippen LogP contribution is -2.28. The number of Topliss-reactive ketones (excluding diaryl/α,β-unsaturated/α-hetero) is 1. The Kier molecular flexibility index (Phi) is 10.2. The number of aliphatic hydroxyl groups excluding tert-OH is 2. The topological polar surface area (TPSA) is 87.0 Å². The van der Waals surface area contributed by atoms with Crippen LogP contribution in [0.4, 0.5) is 0 Å². The first-order chi connectivity index (χ1) is 16.5. The van der Waals surface area contributed by atoms with Gasteiger partial charge in [0.25, 0.3) is 0 Å². The number of ketones is 1. The molecule has 1 aliphatic carbocycles. The normalized spacial score (nSPS) is 20.1. The number of hydrogen-bond acceptors (Lipinski definition) is 6. The molecule has 34 heavy (non-hydrogen) atoms. The second-order valence-electron chi connectivity index (χ2n) is 8.19. The molecule has 3 rings (SSSR count). The van der Waals surface area contributed by atoms with Gasteiger partial charge in [0.15, 0.2) is 5.78 Å². The molecule has 0 heterocycles. The maximum atomic E-state index is 13.2. The minimum absolute atomic E-state index is 0.0161. The van der Waals surface area contributed by atoms with Crippen molar-refractivity contribution in [2.75, 3.05) is 13.2 Å². The van der Waals surface area contributed by atoms with Crippen molar-refractivity contribution in [1.82, 2.24) is 0 Å². The molecular formula is C28H32O5S. The summed E-state index contributed by atoms with van der Waals surface area (Å²) >= 11 is 1.34. The first-order valence-electron chi connectivity index (χ1n) is 11.6. The zero-order chi connectivity index (χ0) is 24.2. The summed E-state index contributed by atoms with van der Waals surface area (Å²) in [7, 11) is 0. The molecule has 2 aromatic carbocycles. The average Bonchev–Trinajstić information content (AvgIpc) is 3.08. The van der Waals surface area contributed by atoms with Crippen LogP contribution in [0.2, 0.25) is 0 Å². The second-order valence-corrected chi connectivity index (χ2v) is 9.31. The first kappa shape index (κ1) is 26.0. The minimum Gasteiger partial charge on any atom is -0.494 e. The number of allylic oxidation sites excluding steroid dienone is 3. The molecule has 180 valence electrons. The molecule has 0 bridgehead atoms. The van der Waals surface area contributed by atoms with Crippen molar-refractivity contribution in [2.45, 2.75) is 48.7 Å². The quantitative estimate of drug-likeness (QED) is 0.281. The number of carbonyl (C=O) groups is 1. The largest absolute Gasteiger partial charge is 0.494 e. The Morgan fingerprint density at radius 1 is 1.00 bits per heavy atom. The Balaban J connectivity index is 1.67. The van der Waals surface area contributed by atoms with Gasteiger partial charge in [-0.25, -0.2) is 0 Å². The summed E-state index contributed by atoms with van der Waals surface area (Å²) in [5.41, 5.74) is -1.07. The van der Waals surface area contributed by atoms with E-state index in [4.69, 9.17) is 9.84 Å². The van der Waals surface area contributed by atoms with E-state index in [1.807, 2.05) is 60.7 Å². The number of carbonyl (C=O) groups excluding carboxylic acids is 1. The van der Waals surface area contributed by atoms with Gasteiger partial charge in [0.05, 0.1) is 17.6 Å². The monoisotopic (exact) mass is 480 g/mol. The molecule has 0 aliphatic heterocycles. The van der Waals surface area contributed by atoms with Crippen molar-refractivity contribution in [1.29, 1.82) is 0 Å². The summed E-state index contributed by atoms with van der Waals surface area (Å²) in [5, 5.41) is 30.3. The molecular weight excluding hydrogens is 448 g/mol. The third-order valence-corrected chi connectivity index (χ3v) is 6.53. The lowest BCUT2D eigenvalue weighted by molar-refractivity contribution is -0.112. The molecule has 0 aromatic heterocycles. The van der Waals surface area contributed by atoms with E-state index in [1.165, 1.54) is 11.8 Å². The summed E-state index contributed by atoms with van der Waals surface area (Å²) in [6.07, 6.45) is 8.47. The summed E-state index contributed by atoms with van der Waals surface area (Å²) in [4.78, 5) is 14.6. The van der Waals surface area contributed by atoms with Crippen LogP contribution in [-0.2, 0) is 4.79 Å². The molecule has 0 fully saturated rings. The van der Waals surface area contributed by atoms with Gasteiger partial charge in [-0.2, -0.15) is 0 Å². The molecule has 0 saturated carbocycles. The van der Waals surface area contributed by atoms with Crippen LogP contribution < -0.4 is 4.74 Å². The fourth-order valence-corrected chi connectivity index (χ4v) is 4.69. The van der Waals surface area contributed by atoms with Crippen LogP contribution in [-0.4, -0.2) is 46.0 Å². The van der Waals surface area contributed by atoms with E-state index in [0.717, 1.165) is 17.1 Å². The molecule has 1 aliphatic rings. The zero-order valence-electron chi connectivity index (χ0n) is 19.2. The number of aliphatic hydroxyl groups is 3. The molecule has 0 spiro atoms. The van der Waals surface area contributed by atoms with E-state index in [0.29, 0.717) is 42.8 Å². The van der Waals surface area contributed by atoms with Gasteiger partial charge < -0.3 is 20.1 Å². The number of unbranched alkanes of at least 4 members (excludes halogenated alkanes) is 1. The first-order valence-corrected chi connectivity index (χ1v) is 12.4. The Bertz CT molecular complexity index is 1000. The molecule has 2 unspecified atom stereocenters. The van der Waals surface area contributed by atoms with Crippen LogP contribution in [0, 0.1) is 0 Å². The number of benzene rings is 2. The van der Waals surface area contributed by atoms with Crippen molar-refractivity contribution in [3.05, 3.63) is 95.4 Å². The highest BCUT2D eigenvalue weighted by molar-refractivity contribution is 8.04. The lowest BCUT2D eigenvalue weighted by Gasteiger charge is -2.22. The van der Waals surface area contributed by atoms with Crippen molar-refractivity contribution >= 4 is 17.5 Å². The highest BCUT2D eigenvalue weighted by Gasteiger charge is 2.41. The Hall–Kier alpha value is -2.64. The number of thioether (sulfide) groups is 1. The Labute approximate surface area is 205 Å². The third kappa shape index (κ3) is 7.71. The predicted octanol–water partition coefficient (Wildman–Crippen LogP) is 4.84. The lowest BCUT2D eigenvalue weighted by atomic mass is 9.90. The zero-order valence-corrected chi connectivity index (χ0v) is 20.0. The van der Waals surface area contributed by atoms with Crippen LogP contribution in [0.1, 0.15) is 32.1 Å². The highest BCUT2D eigenvalue weighted by atomic mass is 32.2. The summed E-state index contributed by atoms with van der Waals surface area (Å²) < 4.78 is 5.74. The fraction of sp³-hybridized carbons (Fsp3) is 0.321. The van der Waals surface area contributed by atoms with Crippen LogP contribution in [0.3, 0.4) is 0 Å². The van der Waals surface area contributed by atoms with Crippen LogP contribution in [0.25, 0.3) is 0 Å². The molecule has 3 N–H and O–H groups in total. The van der Waals surface area contributed by atoms with Crippen molar-refractivity contribution in [2.24, 2.45) is 0 Å².